The van der Waals surface area contributed by atoms with E-state index in [2.05, 4.69) is 118 Å². The summed E-state index contributed by atoms with van der Waals surface area (Å²) in [6, 6.07) is -22.7. The molecule has 1 aliphatic heterocycles. The molecule has 1 aliphatic rings. The maximum absolute atomic E-state index is 14.6. The molecule has 3 rings (SSSR count). The van der Waals surface area contributed by atoms with Gasteiger partial charge in [-0.1, -0.05) is 58.0 Å². The van der Waals surface area contributed by atoms with Gasteiger partial charge in [0.2, 0.25) is 118 Å². The Kier molecular flexibility index (Phi) is 58.1. The summed E-state index contributed by atoms with van der Waals surface area (Å²) in [5.41, 5.74) is 29.2. The third kappa shape index (κ3) is 45.3. The number of aromatic amines is 1. The minimum Gasteiger partial charge on any atom is -0.481 e. The molecule has 20 amide bonds. The van der Waals surface area contributed by atoms with Gasteiger partial charge in [-0.3, -0.25) is 101 Å². The van der Waals surface area contributed by atoms with Gasteiger partial charge < -0.3 is 175 Å². The number of thiol groups is 1. The van der Waals surface area contributed by atoms with Gasteiger partial charge in [0.25, 0.3) is 0 Å². The van der Waals surface area contributed by atoms with E-state index in [1.165, 1.54) is 19.4 Å². The van der Waals surface area contributed by atoms with E-state index in [9.17, 15) is 141 Å². The highest BCUT2D eigenvalue weighted by Gasteiger charge is 2.44. The maximum atomic E-state index is 14.6. The molecule has 2 heterocycles. The molecule has 0 saturated carbocycles. The molecule has 57 heteroatoms. The van der Waals surface area contributed by atoms with Crippen molar-refractivity contribution in [3.63, 3.8) is 0 Å². The molecule has 37 N–H and O–H groups in total. The fourth-order valence-corrected chi connectivity index (χ4v) is 15.0. The Morgan fingerprint density at radius 3 is 1.30 bits per heavy atom. The first-order valence-corrected chi connectivity index (χ1v) is 48.8. The largest absolute Gasteiger partial charge is 0.481 e. The number of benzene rings is 1. The Morgan fingerprint density at radius 1 is 0.429 bits per heavy atom. The molecule has 1 aromatic heterocycles. The lowest BCUT2D eigenvalue weighted by Crippen LogP contribution is -2.62. The average molecular weight is 2110 g/mol. The van der Waals surface area contributed by atoms with Crippen LogP contribution < -0.4 is 124 Å². The highest BCUT2D eigenvalue weighted by Crippen LogP contribution is 2.22. The van der Waals surface area contributed by atoms with Gasteiger partial charge in [0.05, 0.1) is 63.2 Å². The molecule has 1 saturated heterocycles. The topological polar surface area (TPSA) is 916 Å². The molecule has 56 nitrogen and oxygen atoms in total. The number of carboxylic acids is 2. The lowest BCUT2D eigenvalue weighted by molar-refractivity contribution is -0.145. The molecular weight excluding hydrogens is 1960 g/mol. The fourth-order valence-electron chi connectivity index (χ4n) is 14.7. The monoisotopic (exact) mass is 2110 g/mol. The molecule has 21 atom stereocenters. The van der Waals surface area contributed by atoms with E-state index in [1.807, 2.05) is 0 Å². The summed E-state index contributed by atoms with van der Waals surface area (Å²) in [7, 11) is 0. The summed E-state index contributed by atoms with van der Waals surface area (Å²) in [4.78, 5) is 307. The number of carbonyl (C=O) groups excluding carboxylic acids is 20. The van der Waals surface area contributed by atoms with E-state index < -0.39 is 328 Å². The van der Waals surface area contributed by atoms with Crippen LogP contribution in [0.25, 0.3) is 0 Å². The number of aliphatic carboxylic acids is 2. The first-order valence-electron chi connectivity index (χ1n) is 48.2. The molecule has 0 bridgehead atoms. The zero-order valence-corrected chi connectivity index (χ0v) is 84.3. The third-order valence-electron chi connectivity index (χ3n) is 23.1. The number of carboxylic acid groups (broad SMARTS) is 2. The zero-order valence-electron chi connectivity index (χ0n) is 83.4. The van der Waals surface area contributed by atoms with Crippen LogP contribution in [0, 0.1) is 11.8 Å². The van der Waals surface area contributed by atoms with Crippen molar-refractivity contribution in [3.8, 4) is 0 Å². The lowest BCUT2D eigenvalue weighted by atomic mass is 10.0. The summed E-state index contributed by atoms with van der Waals surface area (Å²) in [6.45, 7) is 5.71. The van der Waals surface area contributed by atoms with Crippen LogP contribution in [0.2, 0.25) is 0 Å². The van der Waals surface area contributed by atoms with Crippen molar-refractivity contribution in [2.24, 2.45) is 40.5 Å². The standard InChI is InChI=1S/C90H148N26O30S/c1-44(2)33-57(80(135)103-54(22-13-16-30-92)76(131)102-53(21-12-15-29-91)77(132)104-56(26-27-66(95)123)78(133)111-63(41-120)89(144)116-32-18-24-65(116)86(141)105-55(23-14-17-31-93)79(134)113-69(45(3)4)87(142)115-71(49(8)122)90(145)146)107-84(139)61(39-118)101-67(124)37-97-75(130)60(38-117)109-82(137)59(35-51-36-96-43-98-51)106-72(127)46(5)99-83(138)62(40-119)110-81(136)58(34-50-19-10-9-11-20-50)108-88(143)70(48(7)121)114-73(128)47(6)100-85(140)64(42-147)112-74(129)52(94)25-28-68(125)126/h9-11,19-20,36,43-49,52-65,69-71,117-122,147H,12-18,21-35,37-42,91-94H2,1-8H3,(H2,95,123)(H,96,98)(H,97,130)(H,99,138)(H,100,140)(H,101,124)(H,102,131)(H,103,135)(H,104,132)(H,105,141)(H,106,127)(H,107,139)(H,108,143)(H,109,137)(H,110,136)(H,111,133)(H,112,129)(H,113,134)(H,114,128)(H,115,142)(H,125,126)(H,145,146)/t46-,47-,48+,49+,52-,53-,54-,55-,56-,57-,58-,59-,60-,61-,62-,63-,64-,65-,69-,70-,71-/m0/s1. The van der Waals surface area contributed by atoms with Crippen molar-refractivity contribution in [3.05, 3.63) is 54.1 Å². The predicted molar refractivity (Wildman–Crippen MR) is 524 cm³/mol. The fraction of sp³-hybridized carbons (Fsp3) is 0.656. The number of amides is 20. The van der Waals surface area contributed by atoms with Crippen molar-refractivity contribution in [2.45, 2.75) is 298 Å². The van der Waals surface area contributed by atoms with E-state index in [-0.39, 0.29) is 115 Å². The number of hydrogen-bond donors (Lipinski definition) is 33. The Morgan fingerprint density at radius 2 is 0.830 bits per heavy atom. The van der Waals surface area contributed by atoms with Gasteiger partial charge in [0.1, 0.15) is 103 Å². The minimum atomic E-state index is -1.91. The SMILES string of the molecule is CC(C)C[C@H](NC(=O)[C@H](CO)NC(=O)CNC(=O)[C@H](CO)NC(=O)[C@H](Cc1c[nH]cn1)NC(=O)[C@H](C)NC(=O)[C@H](CO)NC(=O)[C@H](Cc1ccccc1)NC(=O)[C@@H](NC(=O)[C@H](C)NC(=O)[C@H](CS)NC(=O)[C@@H](N)CCC(=O)O)[C@@H](C)O)C(=O)N[C@@H](CCCCN)C(=O)N[C@@H](CCCCN)C(=O)N[C@@H](CCC(N)=O)C(=O)N[C@@H](CO)C(=O)N1CCC[C@H]1C(=O)N[C@@H](CCCCN)C(=O)N[C@H](C(=O)N[C@H](C(=O)O)[C@@H](C)O)C(C)C. The van der Waals surface area contributed by atoms with E-state index in [1.54, 1.807) is 58.0 Å². The lowest BCUT2D eigenvalue weighted by Gasteiger charge is -2.31. The molecule has 147 heavy (non-hydrogen) atoms. The van der Waals surface area contributed by atoms with Crippen LogP contribution in [-0.2, 0) is 118 Å². The zero-order chi connectivity index (χ0) is 111. The first-order chi connectivity index (χ1) is 69.4. The Balaban J connectivity index is 1.78. The molecule has 0 unspecified atom stereocenters. The van der Waals surface area contributed by atoms with Crippen molar-refractivity contribution >= 4 is 143 Å². The van der Waals surface area contributed by atoms with Crippen molar-refractivity contribution in [2.75, 3.05) is 64.9 Å². The molecule has 824 valence electrons. The number of primary amides is 1. The van der Waals surface area contributed by atoms with Gasteiger partial charge in [-0.25, -0.2) is 9.78 Å². The average Bonchev–Trinajstić information content (AvgIpc) is 1.71. The number of aliphatic hydroxyl groups is 6. The number of nitrogens with two attached hydrogens (primary N) is 5. The van der Waals surface area contributed by atoms with Crippen molar-refractivity contribution < 1.29 is 146 Å². The molecule has 1 fully saturated rings. The molecule has 1 aromatic carbocycles. The molecule has 0 aliphatic carbocycles. The second-order valence-corrected chi connectivity index (χ2v) is 36.4. The number of H-pyrrole nitrogens is 1. The number of carbonyl (C=O) groups is 22. The number of hydrogen-bond acceptors (Lipinski definition) is 34. The minimum absolute atomic E-state index is 0.0144. The quantitative estimate of drug-likeness (QED) is 0.0216. The summed E-state index contributed by atoms with van der Waals surface area (Å²) in [5.74, 6) is -25.3. The normalized spacial score (nSPS) is 16.4. The van der Waals surface area contributed by atoms with E-state index in [0.29, 0.717) is 18.4 Å². The number of nitrogens with one attached hydrogen (secondary N) is 19. The summed E-state index contributed by atoms with van der Waals surface area (Å²) in [6.07, 6.45) is -1.97. The number of likely N-dealkylation sites (tertiary alicyclic amines) is 1. The van der Waals surface area contributed by atoms with Crippen LogP contribution >= 0.6 is 12.6 Å². The third-order valence-corrected chi connectivity index (χ3v) is 23.5. The summed E-state index contributed by atoms with van der Waals surface area (Å²) >= 11 is 4.06. The second kappa shape index (κ2) is 66.8. The van der Waals surface area contributed by atoms with Gasteiger partial charge in [-0.2, -0.15) is 12.6 Å². The van der Waals surface area contributed by atoms with E-state index in [4.69, 9.17) is 33.8 Å². The molecule has 0 spiro atoms. The number of aromatic nitrogens is 2. The van der Waals surface area contributed by atoms with Gasteiger partial charge in [0.15, 0.2) is 6.04 Å². The molecule has 0 radical (unpaired) electrons. The smallest absolute Gasteiger partial charge is 0.328 e. The second-order valence-electron chi connectivity index (χ2n) is 36.1. The van der Waals surface area contributed by atoms with Gasteiger partial charge in [-0.05, 0) is 155 Å². The van der Waals surface area contributed by atoms with Gasteiger partial charge >= 0.3 is 11.9 Å². The Hall–Kier alpha value is -13.3. The number of nitrogens with zero attached hydrogens (tertiary/aromatic N) is 2. The summed E-state index contributed by atoms with van der Waals surface area (Å²) < 4.78 is 0. The van der Waals surface area contributed by atoms with Crippen molar-refractivity contribution in [1.29, 1.82) is 0 Å². The molecule has 2 aromatic rings. The van der Waals surface area contributed by atoms with Crippen LogP contribution in [0.4, 0.5) is 0 Å². The van der Waals surface area contributed by atoms with Crippen LogP contribution in [0.3, 0.4) is 0 Å². The van der Waals surface area contributed by atoms with E-state index >= 15 is 0 Å². The Bertz CT molecular complexity index is 4700. The highest BCUT2D eigenvalue weighted by molar-refractivity contribution is 7.80. The van der Waals surface area contributed by atoms with Crippen LogP contribution in [0.15, 0.2) is 42.9 Å². The van der Waals surface area contributed by atoms with Gasteiger partial charge in [0, 0.05) is 44.2 Å². The first kappa shape index (κ1) is 128. The molecular formula is C90H148N26O30S. The van der Waals surface area contributed by atoms with E-state index in [0.717, 1.165) is 25.7 Å². The maximum Gasteiger partial charge on any atom is 0.328 e. The summed E-state index contributed by atoms with van der Waals surface area (Å²) in [5, 5.41) is 124. The Labute approximate surface area is 853 Å². The van der Waals surface area contributed by atoms with Crippen molar-refractivity contribution in [1.82, 2.24) is 111 Å². The van der Waals surface area contributed by atoms with Crippen LogP contribution in [0.1, 0.15) is 169 Å². The number of imidazole rings is 1. The number of rotatable bonds is 70. The predicted octanol–water partition coefficient (Wildman–Crippen LogP) is -13.1. The van der Waals surface area contributed by atoms with Gasteiger partial charge in [-0.15, -0.1) is 0 Å². The van der Waals surface area contributed by atoms with Crippen LogP contribution in [-0.4, -0.2) is 378 Å². The highest BCUT2D eigenvalue weighted by atomic mass is 32.1. The number of aliphatic hydroxyl groups excluding tert-OH is 6. The number of unbranched alkanes of at least 4 members (excludes halogenated alkanes) is 3. The van der Waals surface area contributed by atoms with Crippen LogP contribution in [0.5, 0.6) is 0 Å².